The van der Waals surface area contributed by atoms with Crippen molar-refractivity contribution in [2.45, 2.75) is 0 Å². The molecule has 1 N–H and O–H groups in total. The lowest BCUT2D eigenvalue weighted by atomic mass is 11.1. The Morgan fingerprint density at radius 1 is 1.62 bits per heavy atom. The highest BCUT2D eigenvalue weighted by atomic mass is 32.3. The van der Waals surface area contributed by atoms with Gasteiger partial charge in [-0.15, -0.1) is 0 Å². The van der Waals surface area contributed by atoms with E-state index < -0.39 is 10.4 Å². The van der Waals surface area contributed by atoms with Gasteiger partial charge in [0.2, 0.25) is 0 Å². The summed E-state index contributed by atoms with van der Waals surface area (Å²) < 4.78 is 40.9. The fourth-order valence-electron chi connectivity index (χ4n) is 0.0912. The minimum absolute atomic E-state index is 0.159. The van der Waals surface area contributed by atoms with Gasteiger partial charge in [-0.05, 0) is 0 Å². The Morgan fingerprint density at radius 3 is 2.25 bits per heavy atom. The first-order valence-electron chi connectivity index (χ1n) is 1.47. The molecule has 0 aromatic rings. The smallest absolute Gasteiger partial charge is 0.367 e. The van der Waals surface area contributed by atoms with Gasteiger partial charge in [0.1, 0.15) is 12.6 Å². The van der Waals surface area contributed by atoms with E-state index in [4.69, 9.17) is 4.55 Å². The van der Waals surface area contributed by atoms with Crippen molar-refractivity contribution in [2.75, 3.05) is 0 Å². The SMILES string of the molecule is O=S(=O)(O)OC=CF. The molecule has 4 nitrogen and oxygen atoms in total. The minimum Gasteiger partial charge on any atom is -0.367 e. The van der Waals surface area contributed by atoms with E-state index in [0.717, 1.165) is 0 Å². The maximum atomic E-state index is 10.8. The highest BCUT2D eigenvalue weighted by Gasteiger charge is 1.97. The van der Waals surface area contributed by atoms with Gasteiger partial charge in [0.05, 0.1) is 0 Å². The standard InChI is InChI=1S/C2H3FO4S/c3-1-2-7-8(4,5)6/h1-2H,(H,4,5,6). The molecule has 0 atom stereocenters. The largest absolute Gasteiger partial charge is 0.445 e. The first kappa shape index (κ1) is 7.38. The molecular formula is C2H3FO4S. The van der Waals surface area contributed by atoms with Gasteiger partial charge >= 0.3 is 10.4 Å². The number of hydrogen-bond acceptors (Lipinski definition) is 3. The van der Waals surface area contributed by atoms with Gasteiger partial charge in [-0.25, -0.2) is 4.39 Å². The fraction of sp³-hybridized carbons (Fsp3) is 0. The second kappa shape index (κ2) is 2.63. The minimum atomic E-state index is -4.51. The second-order valence-corrected chi connectivity index (χ2v) is 1.83. The molecule has 0 heterocycles. The van der Waals surface area contributed by atoms with Gasteiger partial charge in [0, 0.05) is 0 Å². The van der Waals surface area contributed by atoms with Crippen LogP contribution in [0.25, 0.3) is 0 Å². The van der Waals surface area contributed by atoms with Crippen LogP contribution in [0, 0.1) is 0 Å². The molecule has 0 saturated heterocycles. The maximum Gasteiger partial charge on any atom is 0.445 e. The van der Waals surface area contributed by atoms with Crippen LogP contribution in [0.1, 0.15) is 0 Å². The average Bonchev–Trinajstić information content (AvgIpc) is 1.59. The molecule has 0 spiro atoms. The van der Waals surface area contributed by atoms with Crippen LogP contribution in [0.15, 0.2) is 12.6 Å². The van der Waals surface area contributed by atoms with E-state index in [1.54, 1.807) is 0 Å². The Morgan fingerprint density at radius 2 is 2.12 bits per heavy atom. The van der Waals surface area contributed by atoms with Crippen molar-refractivity contribution < 1.29 is 21.5 Å². The molecule has 48 valence electrons. The monoisotopic (exact) mass is 142 g/mol. The first-order chi connectivity index (χ1) is 3.56. The van der Waals surface area contributed by atoms with Crippen molar-refractivity contribution in [1.82, 2.24) is 0 Å². The molecule has 6 heteroatoms. The predicted octanol–water partition coefficient (Wildman–Crippen LogP) is 0.247. The van der Waals surface area contributed by atoms with Gasteiger partial charge in [-0.2, -0.15) is 8.42 Å². The highest BCUT2D eigenvalue weighted by molar-refractivity contribution is 7.81. The van der Waals surface area contributed by atoms with Crippen molar-refractivity contribution in [2.24, 2.45) is 0 Å². The van der Waals surface area contributed by atoms with E-state index in [0.29, 0.717) is 0 Å². The number of rotatable bonds is 2. The average molecular weight is 142 g/mol. The molecule has 0 unspecified atom stereocenters. The lowest BCUT2D eigenvalue weighted by Crippen LogP contribution is -1.96. The molecule has 8 heavy (non-hydrogen) atoms. The Kier molecular flexibility index (Phi) is 2.43. The van der Waals surface area contributed by atoms with Crippen LogP contribution in [0.3, 0.4) is 0 Å². The van der Waals surface area contributed by atoms with Crippen LogP contribution in [-0.4, -0.2) is 13.0 Å². The van der Waals surface area contributed by atoms with Crippen molar-refractivity contribution in [3.8, 4) is 0 Å². The number of hydrogen-bond donors (Lipinski definition) is 1. The zero-order chi connectivity index (χ0) is 6.62. The predicted molar refractivity (Wildman–Crippen MR) is 22.9 cm³/mol. The second-order valence-electron chi connectivity index (χ2n) is 0.786. The van der Waals surface area contributed by atoms with Gasteiger partial charge in [-0.1, -0.05) is 0 Å². The first-order valence-corrected chi connectivity index (χ1v) is 2.83. The molecule has 0 amide bonds. The molecule has 0 bridgehead atoms. The van der Waals surface area contributed by atoms with Crippen LogP contribution in [-0.2, 0) is 14.6 Å². The molecule has 0 fully saturated rings. The van der Waals surface area contributed by atoms with Gasteiger partial charge in [-0.3, -0.25) is 4.55 Å². The summed E-state index contributed by atoms with van der Waals surface area (Å²) in [6.07, 6.45) is 0.0447. The van der Waals surface area contributed by atoms with Gasteiger partial charge < -0.3 is 4.18 Å². The normalized spacial score (nSPS) is 12.2. The third-order valence-corrected chi connectivity index (χ3v) is 0.583. The Balaban J connectivity index is 3.76. The van der Waals surface area contributed by atoms with Gasteiger partial charge in [0.15, 0.2) is 0 Å². The third-order valence-electron chi connectivity index (χ3n) is 0.229. The van der Waals surface area contributed by atoms with E-state index in [-0.39, 0.29) is 12.6 Å². The zero-order valence-electron chi connectivity index (χ0n) is 3.61. The molecule has 0 rings (SSSR count). The Labute approximate surface area is 45.5 Å². The summed E-state index contributed by atoms with van der Waals surface area (Å²) in [7, 11) is -4.51. The topological polar surface area (TPSA) is 63.6 Å². The highest BCUT2D eigenvalue weighted by Crippen LogP contribution is 1.85. The van der Waals surface area contributed by atoms with E-state index >= 15 is 0 Å². The van der Waals surface area contributed by atoms with E-state index in [1.165, 1.54) is 0 Å². The molecule has 0 aliphatic heterocycles. The summed E-state index contributed by atoms with van der Waals surface area (Å²) in [6.45, 7) is 0. The van der Waals surface area contributed by atoms with Crippen LogP contribution in [0.4, 0.5) is 4.39 Å². The zero-order valence-corrected chi connectivity index (χ0v) is 4.43. The summed E-state index contributed by atoms with van der Waals surface area (Å²) in [5.74, 6) is 0. The lowest BCUT2D eigenvalue weighted by molar-refractivity contribution is 0.352. The summed E-state index contributed by atoms with van der Waals surface area (Å²) in [6, 6.07) is 0. The summed E-state index contributed by atoms with van der Waals surface area (Å²) >= 11 is 0. The van der Waals surface area contributed by atoms with Crippen LogP contribution in [0.2, 0.25) is 0 Å². The van der Waals surface area contributed by atoms with Crippen molar-refractivity contribution in [1.29, 1.82) is 0 Å². The lowest BCUT2D eigenvalue weighted by Gasteiger charge is -1.87. The third kappa shape index (κ3) is 5.38. The Bertz CT molecular complexity index is 168. The summed E-state index contributed by atoms with van der Waals surface area (Å²) in [5, 5.41) is 0. The molecule has 0 saturated carbocycles. The van der Waals surface area contributed by atoms with Gasteiger partial charge in [0.25, 0.3) is 0 Å². The molecule has 0 aromatic heterocycles. The fourth-order valence-corrected chi connectivity index (χ4v) is 0.274. The molecule has 0 radical (unpaired) electrons. The van der Waals surface area contributed by atoms with E-state index in [2.05, 4.69) is 4.18 Å². The molecule has 0 aliphatic carbocycles. The van der Waals surface area contributed by atoms with Crippen molar-refractivity contribution in [3.63, 3.8) is 0 Å². The van der Waals surface area contributed by atoms with Crippen LogP contribution < -0.4 is 0 Å². The van der Waals surface area contributed by atoms with E-state index in [9.17, 15) is 12.8 Å². The van der Waals surface area contributed by atoms with Crippen molar-refractivity contribution in [3.05, 3.63) is 12.6 Å². The van der Waals surface area contributed by atoms with Crippen LogP contribution >= 0.6 is 0 Å². The summed E-state index contributed by atoms with van der Waals surface area (Å²) in [5.41, 5.74) is 0. The molecule has 0 aromatic carbocycles. The number of halogens is 1. The van der Waals surface area contributed by atoms with Crippen LogP contribution in [0.5, 0.6) is 0 Å². The van der Waals surface area contributed by atoms with E-state index in [1.807, 2.05) is 0 Å². The molecule has 0 aliphatic rings. The summed E-state index contributed by atoms with van der Waals surface area (Å²) in [4.78, 5) is 0. The quantitative estimate of drug-likeness (QED) is 0.443. The maximum absolute atomic E-state index is 10.8. The molecular weight excluding hydrogens is 139 g/mol. The van der Waals surface area contributed by atoms with Crippen molar-refractivity contribution >= 4 is 10.4 Å². The Hall–Kier alpha value is -0.620.